The number of H-pyrrole nitrogens is 1. The lowest BCUT2D eigenvalue weighted by atomic mass is 10.2. The molecular formula is C11H10N4O4. The molecule has 0 unspecified atom stereocenters. The molecule has 0 atom stereocenters. The third-order valence-electron chi connectivity index (χ3n) is 2.32. The van der Waals surface area contributed by atoms with Crippen LogP contribution in [0.4, 0.5) is 5.69 Å². The van der Waals surface area contributed by atoms with Crippen molar-refractivity contribution in [3.8, 4) is 5.75 Å². The summed E-state index contributed by atoms with van der Waals surface area (Å²) in [6, 6.07) is 4.14. The predicted molar refractivity (Wildman–Crippen MR) is 64.3 cm³/mol. The maximum absolute atomic E-state index is 11.8. The van der Waals surface area contributed by atoms with Crippen molar-refractivity contribution in [2.75, 3.05) is 12.4 Å². The summed E-state index contributed by atoms with van der Waals surface area (Å²) in [6.07, 6.45) is 1.19. The number of carboxylic acid groups (broad SMARTS) is 1. The summed E-state index contributed by atoms with van der Waals surface area (Å²) < 4.78 is 5.04. The van der Waals surface area contributed by atoms with Gasteiger partial charge in [0.25, 0.3) is 5.91 Å². The lowest BCUT2D eigenvalue weighted by Gasteiger charge is -2.09. The van der Waals surface area contributed by atoms with Gasteiger partial charge in [0.05, 0.1) is 18.4 Å². The van der Waals surface area contributed by atoms with Crippen LogP contribution in [0.3, 0.4) is 0 Å². The number of nitrogens with zero attached hydrogens (tertiary/aromatic N) is 2. The van der Waals surface area contributed by atoms with Crippen LogP contribution >= 0.6 is 0 Å². The van der Waals surface area contributed by atoms with Crippen LogP contribution in [0.2, 0.25) is 0 Å². The zero-order valence-electron chi connectivity index (χ0n) is 9.88. The Morgan fingerprint density at radius 1 is 1.42 bits per heavy atom. The van der Waals surface area contributed by atoms with Crippen LogP contribution in [-0.4, -0.2) is 39.3 Å². The monoisotopic (exact) mass is 262 g/mol. The molecule has 1 heterocycles. The van der Waals surface area contributed by atoms with Gasteiger partial charge in [-0.3, -0.25) is 9.89 Å². The molecule has 0 bridgehead atoms. The van der Waals surface area contributed by atoms with E-state index in [1.54, 1.807) is 0 Å². The Kier molecular flexibility index (Phi) is 3.42. The van der Waals surface area contributed by atoms with Gasteiger partial charge in [0.1, 0.15) is 12.1 Å². The standard InChI is InChI=1S/C11H10N4O4/c1-19-8-3-2-6(11(17)18)4-7(8)14-10(16)9-12-5-13-15-9/h2-5H,1H3,(H,14,16)(H,17,18)(H,12,13,15). The molecule has 0 saturated heterocycles. The number of carboxylic acids is 1. The highest BCUT2D eigenvalue weighted by Crippen LogP contribution is 2.25. The number of nitrogens with one attached hydrogen (secondary N) is 2. The Morgan fingerprint density at radius 2 is 2.21 bits per heavy atom. The quantitative estimate of drug-likeness (QED) is 0.748. The smallest absolute Gasteiger partial charge is 0.335 e. The van der Waals surface area contributed by atoms with Crippen LogP contribution in [0.15, 0.2) is 24.5 Å². The number of benzene rings is 1. The highest BCUT2D eigenvalue weighted by Gasteiger charge is 2.14. The minimum absolute atomic E-state index is 0.0165. The second-order valence-corrected chi connectivity index (χ2v) is 3.51. The molecule has 8 heteroatoms. The molecule has 0 aliphatic heterocycles. The van der Waals surface area contributed by atoms with Gasteiger partial charge in [-0.25, -0.2) is 9.78 Å². The molecule has 1 aromatic heterocycles. The number of carbonyl (C=O) groups is 2. The topological polar surface area (TPSA) is 117 Å². The predicted octanol–water partition coefficient (Wildman–Crippen LogP) is 0.764. The van der Waals surface area contributed by atoms with Crippen molar-refractivity contribution in [3.05, 3.63) is 35.9 Å². The van der Waals surface area contributed by atoms with E-state index in [2.05, 4.69) is 20.5 Å². The van der Waals surface area contributed by atoms with E-state index in [1.807, 2.05) is 0 Å². The second kappa shape index (κ2) is 5.17. The molecule has 19 heavy (non-hydrogen) atoms. The number of aromatic amines is 1. The normalized spacial score (nSPS) is 9.95. The van der Waals surface area contributed by atoms with Crippen LogP contribution < -0.4 is 10.1 Å². The molecule has 0 radical (unpaired) electrons. The molecule has 0 saturated carbocycles. The molecule has 0 fully saturated rings. The van der Waals surface area contributed by atoms with E-state index in [0.29, 0.717) is 5.75 Å². The fourth-order valence-electron chi connectivity index (χ4n) is 1.44. The molecule has 8 nitrogen and oxygen atoms in total. The number of amides is 1. The number of hydrogen-bond donors (Lipinski definition) is 3. The summed E-state index contributed by atoms with van der Waals surface area (Å²) in [5, 5.41) is 17.4. The van der Waals surface area contributed by atoms with Gasteiger partial charge in [0.2, 0.25) is 5.82 Å². The van der Waals surface area contributed by atoms with Gasteiger partial charge in [0.15, 0.2) is 0 Å². The average Bonchev–Trinajstić information content (AvgIpc) is 2.92. The van der Waals surface area contributed by atoms with Crippen molar-refractivity contribution < 1.29 is 19.4 Å². The number of hydrogen-bond acceptors (Lipinski definition) is 5. The second-order valence-electron chi connectivity index (χ2n) is 3.51. The zero-order valence-corrected chi connectivity index (χ0v) is 9.88. The largest absolute Gasteiger partial charge is 0.495 e. The third-order valence-corrected chi connectivity index (χ3v) is 2.32. The molecule has 0 aliphatic rings. The summed E-state index contributed by atoms with van der Waals surface area (Å²) in [5.41, 5.74) is 0.275. The number of ether oxygens (including phenoxy) is 1. The molecular weight excluding hydrogens is 252 g/mol. The molecule has 1 amide bonds. The van der Waals surface area contributed by atoms with Gasteiger partial charge >= 0.3 is 5.97 Å². The summed E-state index contributed by atoms with van der Waals surface area (Å²) in [5.74, 6) is -1.28. The summed E-state index contributed by atoms with van der Waals surface area (Å²) in [4.78, 5) is 26.4. The average molecular weight is 262 g/mol. The maximum Gasteiger partial charge on any atom is 0.335 e. The van der Waals surface area contributed by atoms with Gasteiger partial charge in [0, 0.05) is 0 Å². The molecule has 0 spiro atoms. The van der Waals surface area contributed by atoms with Crippen molar-refractivity contribution in [1.82, 2.24) is 15.2 Å². The Labute approximate surface area is 107 Å². The van der Waals surface area contributed by atoms with Crippen LogP contribution in [-0.2, 0) is 0 Å². The van der Waals surface area contributed by atoms with Crippen molar-refractivity contribution in [2.24, 2.45) is 0 Å². The molecule has 2 aromatic rings. The van der Waals surface area contributed by atoms with Crippen molar-refractivity contribution in [2.45, 2.75) is 0 Å². The molecule has 1 aromatic carbocycles. The van der Waals surface area contributed by atoms with Gasteiger partial charge in [-0.2, -0.15) is 5.10 Å². The number of aromatic nitrogens is 3. The highest BCUT2D eigenvalue weighted by atomic mass is 16.5. The first-order valence-corrected chi connectivity index (χ1v) is 5.20. The number of aromatic carboxylic acids is 1. The van der Waals surface area contributed by atoms with Gasteiger partial charge < -0.3 is 15.2 Å². The van der Waals surface area contributed by atoms with E-state index in [9.17, 15) is 9.59 Å². The van der Waals surface area contributed by atoms with Gasteiger partial charge in [-0.05, 0) is 18.2 Å². The van der Waals surface area contributed by atoms with E-state index in [-0.39, 0.29) is 17.1 Å². The van der Waals surface area contributed by atoms with E-state index in [4.69, 9.17) is 9.84 Å². The minimum Gasteiger partial charge on any atom is -0.495 e. The number of anilines is 1. The first-order valence-electron chi connectivity index (χ1n) is 5.20. The lowest BCUT2D eigenvalue weighted by molar-refractivity contribution is 0.0696. The zero-order chi connectivity index (χ0) is 13.8. The summed E-state index contributed by atoms with van der Waals surface area (Å²) in [6.45, 7) is 0. The SMILES string of the molecule is COc1ccc(C(=O)O)cc1NC(=O)c1ncn[nH]1. The van der Waals surface area contributed by atoms with Crippen LogP contribution in [0.25, 0.3) is 0 Å². The third kappa shape index (κ3) is 2.68. The number of rotatable bonds is 4. The fraction of sp³-hybridized carbons (Fsp3) is 0.0909. The Balaban J connectivity index is 2.30. The van der Waals surface area contributed by atoms with E-state index in [1.165, 1.54) is 31.6 Å². The first kappa shape index (κ1) is 12.6. The number of carbonyl (C=O) groups excluding carboxylic acids is 1. The maximum atomic E-state index is 11.8. The summed E-state index contributed by atoms with van der Waals surface area (Å²) >= 11 is 0. The van der Waals surface area contributed by atoms with Crippen LogP contribution in [0.1, 0.15) is 21.0 Å². The Morgan fingerprint density at radius 3 is 2.79 bits per heavy atom. The van der Waals surface area contributed by atoms with Gasteiger partial charge in [-0.15, -0.1) is 0 Å². The Hall–Kier alpha value is -2.90. The Bertz CT molecular complexity index is 609. The van der Waals surface area contributed by atoms with Crippen LogP contribution in [0, 0.1) is 0 Å². The first-order chi connectivity index (χ1) is 9.11. The molecule has 98 valence electrons. The van der Waals surface area contributed by atoms with E-state index in [0.717, 1.165) is 0 Å². The highest BCUT2D eigenvalue weighted by molar-refractivity contribution is 6.03. The van der Waals surface area contributed by atoms with Crippen molar-refractivity contribution >= 4 is 17.6 Å². The number of methoxy groups -OCH3 is 1. The summed E-state index contributed by atoms with van der Waals surface area (Å²) in [7, 11) is 1.42. The minimum atomic E-state index is -1.10. The van der Waals surface area contributed by atoms with Crippen LogP contribution in [0.5, 0.6) is 5.75 Å². The lowest BCUT2D eigenvalue weighted by Crippen LogP contribution is -2.15. The van der Waals surface area contributed by atoms with Gasteiger partial charge in [-0.1, -0.05) is 0 Å². The molecule has 0 aliphatic carbocycles. The van der Waals surface area contributed by atoms with Crippen molar-refractivity contribution in [1.29, 1.82) is 0 Å². The fourth-order valence-corrected chi connectivity index (χ4v) is 1.44. The van der Waals surface area contributed by atoms with E-state index < -0.39 is 11.9 Å². The molecule has 3 N–H and O–H groups in total. The van der Waals surface area contributed by atoms with E-state index >= 15 is 0 Å². The van der Waals surface area contributed by atoms with Crippen molar-refractivity contribution in [3.63, 3.8) is 0 Å². The molecule has 2 rings (SSSR count).